The third kappa shape index (κ3) is 2.04. The van der Waals surface area contributed by atoms with Gasteiger partial charge in [-0.15, -0.1) is 0 Å². The maximum absolute atomic E-state index is 2.37. The van der Waals surface area contributed by atoms with Crippen LogP contribution in [0.3, 0.4) is 0 Å². The monoisotopic (exact) mass is 213 g/mol. The normalized spacial score (nSPS) is 10.7. The molecule has 0 aliphatic rings. The Balaban J connectivity index is 2.47. The first-order chi connectivity index (χ1) is 7.74. The maximum Gasteiger partial charge on any atom is 0.0372 e. The number of nitrogens with zero attached hydrogens (tertiary/aromatic N) is 1. The summed E-state index contributed by atoms with van der Waals surface area (Å²) in [5, 5.41) is 2.66. The highest BCUT2D eigenvalue weighted by Gasteiger charge is 2.02. The Bertz CT molecular complexity index is 484. The summed E-state index contributed by atoms with van der Waals surface area (Å²) in [5.41, 5.74) is 2.64. The van der Waals surface area contributed by atoms with Crippen LogP contribution in [-0.2, 0) is 0 Å². The average Bonchev–Trinajstić information content (AvgIpc) is 2.31. The quantitative estimate of drug-likeness (QED) is 0.745. The molecule has 0 fully saturated rings. The second-order valence-corrected chi connectivity index (χ2v) is 4.21. The molecule has 0 saturated heterocycles. The zero-order valence-corrected chi connectivity index (χ0v) is 10.3. The van der Waals surface area contributed by atoms with Crippen molar-refractivity contribution in [3.05, 3.63) is 42.0 Å². The second kappa shape index (κ2) is 4.56. The van der Waals surface area contributed by atoms with Crippen molar-refractivity contribution in [2.24, 2.45) is 0 Å². The Labute approximate surface area is 97.7 Å². The van der Waals surface area contributed by atoms with Crippen molar-refractivity contribution >= 4 is 16.5 Å². The van der Waals surface area contributed by atoms with Gasteiger partial charge in [0.1, 0.15) is 0 Å². The van der Waals surface area contributed by atoms with E-state index in [1.165, 1.54) is 22.0 Å². The lowest BCUT2D eigenvalue weighted by molar-refractivity contribution is 0.867. The summed E-state index contributed by atoms with van der Waals surface area (Å²) < 4.78 is 0. The minimum Gasteiger partial charge on any atom is -0.372 e. The fourth-order valence-corrected chi connectivity index (χ4v) is 2.14. The fraction of sp³-hybridized carbons (Fsp3) is 0.333. The zero-order chi connectivity index (χ0) is 11.5. The smallest absolute Gasteiger partial charge is 0.0372 e. The van der Waals surface area contributed by atoms with E-state index in [0.29, 0.717) is 0 Å². The molecule has 2 aromatic carbocycles. The van der Waals surface area contributed by atoms with Gasteiger partial charge >= 0.3 is 0 Å². The molecule has 0 spiro atoms. The first kappa shape index (κ1) is 11.0. The highest BCUT2D eigenvalue weighted by atomic mass is 15.1. The molecule has 1 nitrogen and oxygen atoms in total. The summed E-state index contributed by atoms with van der Waals surface area (Å²) in [6.07, 6.45) is 0. The summed E-state index contributed by atoms with van der Waals surface area (Å²) >= 11 is 0. The molecule has 1 heteroatoms. The van der Waals surface area contributed by atoms with Crippen molar-refractivity contribution in [1.82, 2.24) is 0 Å². The molecule has 2 rings (SSSR count). The Hall–Kier alpha value is -1.50. The van der Waals surface area contributed by atoms with Gasteiger partial charge in [0.15, 0.2) is 0 Å². The second-order valence-electron chi connectivity index (χ2n) is 4.21. The molecule has 84 valence electrons. The third-order valence-electron chi connectivity index (χ3n) is 3.11. The number of rotatable bonds is 3. The van der Waals surface area contributed by atoms with E-state index in [9.17, 15) is 0 Å². The largest absolute Gasteiger partial charge is 0.372 e. The molecule has 0 radical (unpaired) electrons. The molecule has 0 bridgehead atoms. The van der Waals surface area contributed by atoms with Crippen LogP contribution in [0.1, 0.15) is 19.4 Å². The maximum atomic E-state index is 2.37. The van der Waals surface area contributed by atoms with Crippen LogP contribution in [0.5, 0.6) is 0 Å². The number of fused-ring (bicyclic) bond motifs is 1. The van der Waals surface area contributed by atoms with Gasteiger partial charge in [0, 0.05) is 18.8 Å². The van der Waals surface area contributed by atoms with E-state index in [0.717, 1.165) is 13.1 Å². The first-order valence-corrected chi connectivity index (χ1v) is 6.00. The number of aryl methyl sites for hydroxylation is 1. The molecular weight excluding hydrogens is 194 g/mol. The van der Waals surface area contributed by atoms with E-state index in [4.69, 9.17) is 0 Å². The predicted octanol–water partition coefficient (Wildman–Crippen LogP) is 3.99. The molecular formula is C15H19N. The van der Waals surface area contributed by atoms with E-state index in [2.05, 4.69) is 62.1 Å². The van der Waals surface area contributed by atoms with Crippen LogP contribution in [0.4, 0.5) is 5.69 Å². The predicted molar refractivity (Wildman–Crippen MR) is 72.2 cm³/mol. The van der Waals surface area contributed by atoms with Gasteiger partial charge in [-0.05, 0) is 43.7 Å². The van der Waals surface area contributed by atoms with Crippen LogP contribution in [-0.4, -0.2) is 13.1 Å². The minimum atomic E-state index is 1.06. The lowest BCUT2D eigenvalue weighted by Crippen LogP contribution is -2.21. The van der Waals surface area contributed by atoms with Gasteiger partial charge in [0.05, 0.1) is 0 Å². The van der Waals surface area contributed by atoms with Gasteiger partial charge in [-0.1, -0.05) is 29.8 Å². The van der Waals surface area contributed by atoms with Crippen molar-refractivity contribution < 1.29 is 0 Å². The number of anilines is 1. The molecule has 0 amide bonds. The van der Waals surface area contributed by atoms with Crippen LogP contribution in [0.15, 0.2) is 36.4 Å². The average molecular weight is 213 g/mol. The van der Waals surface area contributed by atoms with Gasteiger partial charge in [0.2, 0.25) is 0 Å². The van der Waals surface area contributed by atoms with E-state index in [1.54, 1.807) is 0 Å². The lowest BCUT2D eigenvalue weighted by atomic mass is 10.1. The highest BCUT2D eigenvalue weighted by Crippen LogP contribution is 2.22. The first-order valence-electron chi connectivity index (χ1n) is 6.00. The van der Waals surface area contributed by atoms with Gasteiger partial charge in [-0.3, -0.25) is 0 Å². The molecule has 0 unspecified atom stereocenters. The Morgan fingerprint density at radius 2 is 1.50 bits per heavy atom. The molecule has 0 N–H and O–H groups in total. The van der Waals surface area contributed by atoms with Gasteiger partial charge in [0.25, 0.3) is 0 Å². The van der Waals surface area contributed by atoms with Crippen LogP contribution in [0.2, 0.25) is 0 Å². The number of hydrogen-bond acceptors (Lipinski definition) is 1. The third-order valence-corrected chi connectivity index (χ3v) is 3.11. The van der Waals surface area contributed by atoms with Crippen molar-refractivity contribution in [2.75, 3.05) is 18.0 Å². The number of benzene rings is 2. The summed E-state index contributed by atoms with van der Waals surface area (Å²) in [5.74, 6) is 0. The highest BCUT2D eigenvalue weighted by molar-refractivity contribution is 5.86. The van der Waals surface area contributed by atoms with Crippen LogP contribution >= 0.6 is 0 Å². The molecule has 0 aliphatic heterocycles. The Morgan fingerprint density at radius 3 is 2.19 bits per heavy atom. The van der Waals surface area contributed by atoms with Crippen LogP contribution in [0, 0.1) is 6.92 Å². The van der Waals surface area contributed by atoms with Crippen molar-refractivity contribution in [3.63, 3.8) is 0 Å². The molecule has 0 heterocycles. The fourth-order valence-electron chi connectivity index (χ4n) is 2.14. The van der Waals surface area contributed by atoms with E-state index < -0.39 is 0 Å². The summed E-state index contributed by atoms with van der Waals surface area (Å²) in [7, 11) is 0. The molecule has 0 aromatic heterocycles. The van der Waals surface area contributed by atoms with Crippen molar-refractivity contribution in [1.29, 1.82) is 0 Å². The Morgan fingerprint density at radius 1 is 0.875 bits per heavy atom. The minimum absolute atomic E-state index is 1.06. The van der Waals surface area contributed by atoms with Crippen LogP contribution in [0.25, 0.3) is 10.8 Å². The molecule has 0 atom stereocenters. The van der Waals surface area contributed by atoms with Gasteiger partial charge in [-0.25, -0.2) is 0 Å². The van der Waals surface area contributed by atoms with E-state index >= 15 is 0 Å². The molecule has 0 saturated carbocycles. The van der Waals surface area contributed by atoms with Gasteiger partial charge in [-0.2, -0.15) is 0 Å². The standard InChI is InChI=1S/C15H19N/c1-4-16(5-2)15-9-8-13-10-12(3)6-7-14(13)11-15/h6-11H,4-5H2,1-3H3. The summed E-state index contributed by atoms with van der Waals surface area (Å²) in [6.45, 7) is 8.66. The van der Waals surface area contributed by atoms with E-state index in [-0.39, 0.29) is 0 Å². The lowest BCUT2D eigenvalue weighted by Gasteiger charge is -2.21. The zero-order valence-electron chi connectivity index (χ0n) is 10.3. The van der Waals surface area contributed by atoms with Crippen molar-refractivity contribution in [2.45, 2.75) is 20.8 Å². The number of hydrogen-bond donors (Lipinski definition) is 0. The summed E-state index contributed by atoms with van der Waals surface area (Å²) in [4.78, 5) is 2.37. The van der Waals surface area contributed by atoms with Crippen LogP contribution < -0.4 is 4.90 Å². The molecule has 16 heavy (non-hydrogen) atoms. The molecule has 2 aromatic rings. The van der Waals surface area contributed by atoms with Crippen molar-refractivity contribution in [3.8, 4) is 0 Å². The molecule has 0 aliphatic carbocycles. The topological polar surface area (TPSA) is 3.24 Å². The van der Waals surface area contributed by atoms with Gasteiger partial charge < -0.3 is 4.90 Å². The SMILES string of the molecule is CCN(CC)c1ccc2cc(C)ccc2c1. The summed E-state index contributed by atoms with van der Waals surface area (Å²) in [6, 6.07) is 13.3. The van der Waals surface area contributed by atoms with E-state index in [1.807, 2.05) is 0 Å². The Kier molecular flexibility index (Phi) is 3.14.